The topological polar surface area (TPSA) is 98.8 Å². The van der Waals surface area contributed by atoms with Crippen LogP contribution >= 0.6 is 25.3 Å². The van der Waals surface area contributed by atoms with Crippen molar-refractivity contribution in [1.29, 1.82) is 0 Å². The molecule has 0 saturated heterocycles. The summed E-state index contributed by atoms with van der Waals surface area (Å²) in [6.45, 7) is 8.43. The zero-order valence-electron chi connectivity index (χ0n) is 18.6. The van der Waals surface area contributed by atoms with Gasteiger partial charge >= 0.3 is 11.9 Å². The summed E-state index contributed by atoms with van der Waals surface area (Å²) in [6, 6.07) is 0. The highest BCUT2D eigenvalue weighted by Crippen LogP contribution is 2.01. The molecule has 0 aromatic heterocycles. The lowest BCUT2D eigenvalue weighted by Crippen LogP contribution is -2.16. The monoisotopic (exact) mass is 486 g/mol. The lowest BCUT2D eigenvalue weighted by Gasteiger charge is -2.09. The van der Waals surface area contributed by atoms with Gasteiger partial charge in [-0.25, -0.2) is 0 Å². The highest BCUT2D eigenvalue weighted by molar-refractivity contribution is 7.81. The smallest absolute Gasteiger partial charge is 0.306 e. The minimum Gasteiger partial charge on any atom is -0.463 e. The Morgan fingerprint density at radius 1 is 0.516 bits per heavy atom. The van der Waals surface area contributed by atoms with E-state index in [4.69, 9.17) is 33.2 Å². The van der Waals surface area contributed by atoms with E-state index in [1.54, 1.807) is 0 Å². The third kappa shape index (κ3) is 25.6. The molecule has 0 aliphatic heterocycles. The molecule has 184 valence electrons. The maximum absolute atomic E-state index is 11.3. The molecule has 9 nitrogen and oxygen atoms in total. The highest BCUT2D eigenvalue weighted by atomic mass is 32.1. The number of carbonyl (C=O) groups excluding carboxylic acids is 2. The summed E-state index contributed by atoms with van der Waals surface area (Å²) < 4.78 is 36.7. The second-order valence-electron chi connectivity index (χ2n) is 6.61. The quantitative estimate of drug-likeness (QED) is 0.134. The Morgan fingerprint density at radius 2 is 0.742 bits per heavy atom. The van der Waals surface area contributed by atoms with Crippen molar-refractivity contribution in [3.05, 3.63) is 0 Å². The average molecular weight is 487 g/mol. The number of carbonyl (C=O) groups is 2. The molecule has 0 fully saturated rings. The van der Waals surface area contributed by atoms with Gasteiger partial charge in [0, 0.05) is 10.5 Å². The van der Waals surface area contributed by atoms with Gasteiger partial charge in [0.15, 0.2) is 0 Å². The number of ether oxygens (including phenoxy) is 7. The Morgan fingerprint density at radius 3 is 0.968 bits per heavy atom. The van der Waals surface area contributed by atoms with Crippen molar-refractivity contribution in [2.75, 3.05) is 79.3 Å². The Hall–Kier alpha value is -0.560. The molecule has 0 bridgehead atoms. The zero-order valence-corrected chi connectivity index (χ0v) is 20.4. The molecule has 0 aliphatic rings. The largest absolute Gasteiger partial charge is 0.463 e. The van der Waals surface area contributed by atoms with Crippen molar-refractivity contribution in [3.63, 3.8) is 0 Å². The number of thiol groups is 2. The SMILES string of the molecule is CC(S)CC(=O)OCCOCCOCCOCCOCCOCCOC(=O)CC(C)S. The van der Waals surface area contributed by atoms with Gasteiger partial charge in [-0.2, -0.15) is 25.3 Å². The van der Waals surface area contributed by atoms with Crippen LogP contribution in [-0.4, -0.2) is 102 Å². The summed E-state index contributed by atoms with van der Waals surface area (Å²) in [7, 11) is 0. The molecule has 0 aliphatic carbocycles. The third-order valence-corrected chi connectivity index (χ3v) is 3.76. The molecule has 0 saturated carbocycles. The van der Waals surface area contributed by atoms with E-state index in [1.165, 1.54) is 0 Å². The van der Waals surface area contributed by atoms with Gasteiger partial charge in [0.2, 0.25) is 0 Å². The highest BCUT2D eigenvalue weighted by Gasteiger charge is 2.06. The van der Waals surface area contributed by atoms with E-state index in [0.717, 1.165) is 0 Å². The number of hydrogen-bond acceptors (Lipinski definition) is 11. The van der Waals surface area contributed by atoms with Crippen LogP contribution < -0.4 is 0 Å². The maximum Gasteiger partial charge on any atom is 0.306 e. The van der Waals surface area contributed by atoms with Crippen molar-refractivity contribution in [2.45, 2.75) is 37.2 Å². The maximum atomic E-state index is 11.3. The van der Waals surface area contributed by atoms with Crippen LogP contribution in [0.3, 0.4) is 0 Å². The van der Waals surface area contributed by atoms with Crippen molar-refractivity contribution in [2.24, 2.45) is 0 Å². The minimum absolute atomic E-state index is 0.00800. The second-order valence-corrected chi connectivity index (χ2v) is 8.37. The molecule has 0 spiro atoms. The van der Waals surface area contributed by atoms with E-state index >= 15 is 0 Å². The molecule has 0 aromatic rings. The fraction of sp³-hybridized carbons (Fsp3) is 0.900. The first-order valence-electron chi connectivity index (χ1n) is 10.5. The Labute approximate surface area is 196 Å². The van der Waals surface area contributed by atoms with Gasteiger partial charge < -0.3 is 33.2 Å². The van der Waals surface area contributed by atoms with Gasteiger partial charge in [0.25, 0.3) is 0 Å². The van der Waals surface area contributed by atoms with Crippen molar-refractivity contribution in [3.8, 4) is 0 Å². The number of rotatable bonds is 22. The van der Waals surface area contributed by atoms with Crippen LogP contribution in [0.1, 0.15) is 26.7 Å². The van der Waals surface area contributed by atoms with Crippen molar-refractivity contribution < 1.29 is 42.7 Å². The average Bonchev–Trinajstić information content (AvgIpc) is 2.68. The van der Waals surface area contributed by atoms with Gasteiger partial charge in [-0.3, -0.25) is 9.59 Å². The Bertz CT molecular complexity index is 399. The standard InChI is InChI=1S/C20H38O9S2/c1-17(30)15-19(21)28-13-11-26-9-7-24-5-3-23-4-6-25-8-10-27-12-14-29-20(22)16-18(2)31/h17-18,30-31H,3-16H2,1-2H3. The Kier molecular flexibility index (Phi) is 22.2. The molecule has 11 heteroatoms. The zero-order chi connectivity index (χ0) is 23.2. The summed E-state index contributed by atoms with van der Waals surface area (Å²) >= 11 is 8.25. The fourth-order valence-corrected chi connectivity index (χ4v) is 2.31. The Balaban J connectivity index is 3.14. The number of esters is 2. The molecule has 0 amide bonds. The van der Waals surface area contributed by atoms with E-state index in [9.17, 15) is 9.59 Å². The lowest BCUT2D eigenvalue weighted by molar-refractivity contribution is -0.146. The molecular formula is C20H38O9S2. The molecule has 0 rings (SSSR count). The third-order valence-electron chi connectivity index (χ3n) is 3.39. The van der Waals surface area contributed by atoms with Crippen LogP contribution in [0.15, 0.2) is 0 Å². The van der Waals surface area contributed by atoms with Crippen molar-refractivity contribution >= 4 is 37.2 Å². The van der Waals surface area contributed by atoms with Crippen LogP contribution in [0.4, 0.5) is 0 Å². The first-order valence-corrected chi connectivity index (χ1v) is 11.5. The van der Waals surface area contributed by atoms with Crippen LogP contribution in [-0.2, 0) is 42.7 Å². The van der Waals surface area contributed by atoms with Crippen LogP contribution in [0.25, 0.3) is 0 Å². The molecule has 0 N–H and O–H groups in total. The van der Waals surface area contributed by atoms with Crippen molar-refractivity contribution in [1.82, 2.24) is 0 Å². The molecular weight excluding hydrogens is 448 g/mol. The van der Waals surface area contributed by atoms with Crippen LogP contribution in [0.2, 0.25) is 0 Å². The van der Waals surface area contributed by atoms with E-state index in [-0.39, 0.29) is 35.7 Å². The summed E-state index contributed by atoms with van der Waals surface area (Å²) in [5, 5.41) is -0.0160. The van der Waals surface area contributed by atoms with E-state index in [0.29, 0.717) is 78.9 Å². The van der Waals surface area contributed by atoms with E-state index < -0.39 is 0 Å². The molecule has 2 atom stereocenters. The summed E-state index contributed by atoms with van der Waals surface area (Å²) in [4.78, 5) is 22.6. The molecule has 31 heavy (non-hydrogen) atoms. The van der Waals surface area contributed by atoms with Gasteiger partial charge in [-0.1, -0.05) is 13.8 Å². The predicted octanol–water partition coefficient (Wildman–Crippen LogP) is 1.57. The predicted molar refractivity (Wildman–Crippen MR) is 122 cm³/mol. The van der Waals surface area contributed by atoms with Gasteiger partial charge in [-0.05, 0) is 0 Å². The first kappa shape index (κ1) is 30.4. The minimum atomic E-state index is -0.270. The summed E-state index contributed by atoms with van der Waals surface area (Å²) in [6.07, 6.45) is 0.584. The van der Waals surface area contributed by atoms with Gasteiger partial charge in [0.1, 0.15) is 13.2 Å². The fourth-order valence-electron chi connectivity index (χ4n) is 2.01. The first-order chi connectivity index (χ1) is 14.9. The number of hydrogen-bond donors (Lipinski definition) is 2. The molecule has 0 radical (unpaired) electrons. The normalized spacial score (nSPS) is 13.0. The van der Waals surface area contributed by atoms with Crippen LogP contribution in [0, 0.1) is 0 Å². The molecule has 0 aromatic carbocycles. The van der Waals surface area contributed by atoms with E-state index in [1.807, 2.05) is 13.8 Å². The molecule has 0 heterocycles. The summed E-state index contributed by atoms with van der Waals surface area (Å²) in [5.41, 5.74) is 0. The second kappa shape index (κ2) is 22.6. The summed E-state index contributed by atoms with van der Waals surface area (Å²) in [5.74, 6) is -0.540. The lowest BCUT2D eigenvalue weighted by atomic mass is 10.3. The molecule has 2 unspecified atom stereocenters. The van der Waals surface area contributed by atoms with Gasteiger partial charge in [-0.15, -0.1) is 0 Å². The van der Waals surface area contributed by atoms with E-state index in [2.05, 4.69) is 25.3 Å². The van der Waals surface area contributed by atoms with Gasteiger partial charge in [0.05, 0.1) is 78.9 Å². The van der Waals surface area contributed by atoms with Crippen LogP contribution in [0.5, 0.6) is 0 Å².